The first-order valence-corrected chi connectivity index (χ1v) is 8.55. The molecule has 0 amide bonds. The van der Waals surface area contributed by atoms with Crippen molar-refractivity contribution in [2.75, 3.05) is 0 Å². The van der Waals surface area contributed by atoms with Crippen molar-refractivity contribution in [1.29, 1.82) is 0 Å². The van der Waals surface area contributed by atoms with Crippen LogP contribution in [0.15, 0.2) is 79.3 Å². The first-order valence-electron chi connectivity index (χ1n) is 8.55. The monoisotopic (exact) mass is 355 g/mol. The number of aromatic nitrogens is 1. The zero-order chi connectivity index (χ0) is 18.6. The van der Waals surface area contributed by atoms with E-state index in [1.54, 1.807) is 42.7 Å². The first-order chi connectivity index (χ1) is 13.2. The molecular weight excluding hydrogens is 338 g/mol. The SMILES string of the molecule is C=Cc1ccc(COc2ccc3c(c2)O/C(=C\c2ccncc2)C3=O)cc1. The van der Waals surface area contributed by atoms with Crippen molar-refractivity contribution < 1.29 is 14.3 Å². The molecule has 0 aliphatic carbocycles. The Balaban J connectivity index is 1.48. The van der Waals surface area contributed by atoms with Crippen LogP contribution in [-0.2, 0) is 6.61 Å². The second-order valence-electron chi connectivity index (χ2n) is 6.11. The van der Waals surface area contributed by atoms with E-state index in [1.807, 2.05) is 36.4 Å². The molecule has 1 aliphatic heterocycles. The third kappa shape index (κ3) is 3.65. The maximum Gasteiger partial charge on any atom is 0.231 e. The van der Waals surface area contributed by atoms with E-state index < -0.39 is 0 Å². The number of fused-ring (bicyclic) bond motifs is 1. The minimum absolute atomic E-state index is 0.131. The van der Waals surface area contributed by atoms with Gasteiger partial charge < -0.3 is 9.47 Å². The fraction of sp³-hybridized carbons (Fsp3) is 0.0435. The van der Waals surface area contributed by atoms with Crippen LogP contribution < -0.4 is 9.47 Å². The smallest absolute Gasteiger partial charge is 0.231 e. The van der Waals surface area contributed by atoms with Gasteiger partial charge in [-0.15, -0.1) is 0 Å². The Kier molecular flexibility index (Phi) is 4.54. The van der Waals surface area contributed by atoms with E-state index in [9.17, 15) is 4.79 Å². The van der Waals surface area contributed by atoms with E-state index in [4.69, 9.17) is 9.47 Å². The van der Waals surface area contributed by atoms with E-state index in [-0.39, 0.29) is 5.78 Å². The van der Waals surface area contributed by atoms with Gasteiger partial charge in [0, 0.05) is 18.5 Å². The van der Waals surface area contributed by atoms with Gasteiger partial charge in [0.1, 0.15) is 18.1 Å². The zero-order valence-corrected chi connectivity index (χ0v) is 14.6. The third-order valence-electron chi connectivity index (χ3n) is 4.27. The van der Waals surface area contributed by atoms with Crippen molar-refractivity contribution in [3.05, 3.63) is 102 Å². The quantitative estimate of drug-likeness (QED) is 0.610. The molecule has 0 N–H and O–H groups in total. The molecule has 2 heterocycles. The second-order valence-corrected chi connectivity index (χ2v) is 6.11. The van der Waals surface area contributed by atoms with Crippen LogP contribution in [0.2, 0.25) is 0 Å². The van der Waals surface area contributed by atoms with E-state index in [0.29, 0.717) is 29.4 Å². The Bertz CT molecular complexity index is 1020. The number of Topliss-reactive ketones (excluding diaryl/α,β-unsaturated/α-hetero) is 1. The summed E-state index contributed by atoms with van der Waals surface area (Å²) in [5, 5.41) is 0. The molecule has 4 heteroatoms. The highest BCUT2D eigenvalue weighted by Gasteiger charge is 2.27. The maximum atomic E-state index is 12.5. The molecule has 1 aromatic heterocycles. The molecule has 0 unspecified atom stereocenters. The number of nitrogens with zero attached hydrogens (tertiary/aromatic N) is 1. The Labute approximate surface area is 157 Å². The average Bonchev–Trinajstić information content (AvgIpc) is 3.02. The number of carbonyl (C=O) groups is 1. The lowest BCUT2D eigenvalue weighted by Gasteiger charge is -2.07. The molecule has 27 heavy (non-hydrogen) atoms. The lowest BCUT2D eigenvalue weighted by molar-refractivity contribution is 0.101. The zero-order valence-electron chi connectivity index (χ0n) is 14.6. The number of carbonyl (C=O) groups excluding carboxylic acids is 1. The molecule has 0 radical (unpaired) electrons. The highest BCUT2D eigenvalue weighted by Crippen LogP contribution is 2.35. The number of hydrogen-bond donors (Lipinski definition) is 0. The van der Waals surface area contributed by atoms with Crippen molar-refractivity contribution in [3.8, 4) is 11.5 Å². The van der Waals surface area contributed by atoms with Gasteiger partial charge >= 0.3 is 0 Å². The number of rotatable bonds is 5. The summed E-state index contributed by atoms with van der Waals surface area (Å²) in [6.45, 7) is 4.18. The fourth-order valence-electron chi connectivity index (χ4n) is 2.78. The van der Waals surface area contributed by atoms with Crippen LogP contribution in [0.1, 0.15) is 27.0 Å². The van der Waals surface area contributed by atoms with Gasteiger partial charge in [-0.1, -0.05) is 36.9 Å². The minimum atomic E-state index is -0.131. The summed E-state index contributed by atoms with van der Waals surface area (Å²) in [6.07, 6.45) is 6.86. The van der Waals surface area contributed by atoms with Crippen molar-refractivity contribution >= 4 is 17.9 Å². The number of allylic oxidation sites excluding steroid dienone is 1. The average molecular weight is 355 g/mol. The molecule has 0 saturated carbocycles. The summed E-state index contributed by atoms with van der Waals surface area (Å²) in [5.74, 6) is 1.33. The normalized spacial score (nSPS) is 13.9. The first kappa shape index (κ1) is 16.8. The van der Waals surface area contributed by atoms with Crippen molar-refractivity contribution in [2.24, 2.45) is 0 Å². The van der Waals surface area contributed by atoms with Gasteiger partial charge in [0.2, 0.25) is 5.78 Å². The van der Waals surface area contributed by atoms with Crippen LogP contribution in [0.3, 0.4) is 0 Å². The standard InChI is InChI=1S/C23H17NO3/c1-2-16-3-5-18(6-4-16)15-26-19-7-8-20-21(14-19)27-22(23(20)25)13-17-9-11-24-12-10-17/h2-14H,1,15H2/b22-13-. The second kappa shape index (κ2) is 7.30. The van der Waals surface area contributed by atoms with E-state index in [2.05, 4.69) is 11.6 Å². The van der Waals surface area contributed by atoms with Gasteiger partial charge in [-0.3, -0.25) is 9.78 Å². The molecule has 0 atom stereocenters. The van der Waals surface area contributed by atoms with Gasteiger partial charge in [-0.2, -0.15) is 0 Å². The lowest BCUT2D eigenvalue weighted by atomic mass is 10.1. The summed E-state index contributed by atoms with van der Waals surface area (Å²) in [6, 6.07) is 16.9. The van der Waals surface area contributed by atoms with Gasteiger partial charge in [0.25, 0.3) is 0 Å². The van der Waals surface area contributed by atoms with Crippen LogP contribution in [0, 0.1) is 0 Å². The van der Waals surface area contributed by atoms with Gasteiger partial charge in [0.05, 0.1) is 5.56 Å². The van der Waals surface area contributed by atoms with Crippen molar-refractivity contribution in [1.82, 2.24) is 4.98 Å². The van der Waals surface area contributed by atoms with Gasteiger partial charge in [-0.05, 0) is 47.0 Å². The largest absolute Gasteiger partial charge is 0.489 e. The maximum absolute atomic E-state index is 12.5. The van der Waals surface area contributed by atoms with E-state index >= 15 is 0 Å². The van der Waals surface area contributed by atoms with Crippen LogP contribution in [-0.4, -0.2) is 10.8 Å². The van der Waals surface area contributed by atoms with Gasteiger partial charge in [0.15, 0.2) is 5.76 Å². The Morgan fingerprint density at radius 1 is 1.00 bits per heavy atom. The predicted octanol–water partition coefficient (Wildman–Crippen LogP) is 4.92. The number of pyridine rings is 1. The number of ether oxygens (including phenoxy) is 2. The molecule has 132 valence electrons. The molecular formula is C23H17NO3. The van der Waals surface area contributed by atoms with Crippen LogP contribution >= 0.6 is 0 Å². The Morgan fingerprint density at radius 3 is 2.52 bits per heavy atom. The molecule has 2 aromatic carbocycles. The highest BCUT2D eigenvalue weighted by atomic mass is 16.5. The molecule has 0 bridgehead atoms. The van der Waals surface area contributed by atoms with Crippen LogP contribution in [0.25, 0.3) is 12.2 Å². The minimum Gasteiger partial charge on any atom is -0.489 e. The van der Waals surface area contributed by atoms with Crippen LogP contribution in [0.4, 0.5) is 0 Å². The van der Waals surface area contributed by atoms with Crippen molar-refractivity contribution in [2.45, 2.75) is 6.61 Å². The Morgan fingerprint density at radius 2 is 1.78 bits per heavy atom. The summed E-state index contributed by atoms with van der Waals surface area (Å²) >= 11 is 0. The summed E-state index contributed by atoms with van der Waals surface area (Å²) < 4.78 is 11.6. The number of ketones is 1. The van der Waals surface area contributed by atoms with Crippen molar-refractivity contribution in [3.63, 3.8) is 0 Å². The Hall–Kier alpha value is -3.66. The summed E-state index contributed by atoms with van der Waals surface area (Å²) in [7, 11) is 0. The molecule has 3 aromatic rings. The number of benzene rings is 2. The molecule has 0 spiro atoms. The molecule has 0 saturated heterocycles. The lowest BCUT2D eigenvalue weighted by Crippen LogP contribution is -1.98. The summed E-state index contributed by atoms with van der Waals surface area (Å²) in [5.41, 5.74) is 3.52. The molecule has 0 fully saturated rings. The van der Waals surface area contributed by atoms with E-state index in [0.717, 1.165) is 16.7 Å². The highest BCUT2D eigenvalue weighted by molar-refractivity contribution is 6.14. The van der Waals surface area contributed by atoms with E-state index in [1.165, 1.54) is 0 Å². The number of hydrogen-bond acceptors (Lipinski definition) is 4. The third-order valence-corrected chi connectivity index (χ3v) is 4.27. The van der Waals surface area contributed by atoms with Gasteiger partial charge in [-0.25, -0.2) is 0 Å². The molecule has 1 aliphatic rings. The van der Waals surface area contributed by atoms with Crippen LogP contribution in [0.5, 0.6) is 11.5 Å². The molecule has 4 rings (SSSR count). The predicted molar refractivity (Wildman–Crippen MR) is 104 cm³/mol. The summed E-state index contributed by atoms with van der Waals surface area (Å²) in [4.78, 5) is 16.5. The molecule has 4 nitrogen and oxygen atoms in total. The fourth-order valence-corrected chi connectivity index (χ4v) is 2.78. The topological polar surface area (TPSA) is 48.4 Å².